The van der Waals surface area contributed by atoms with Crippen molar-refractivity contribution in [3.05, 3.63) is 48.8 Å². The van der Waals surface area contributed by atoms with Gasteiger partial charge in [0.05, 0.1) is 16.7 Å². The number of aromatic nitrogens is 2. The second kappa shape index (κ2) is 5.68. The number of H-pyrrole nitrogens is 1. The first-order valence-electron chi connectivity index (χ1n) is 7.43. The number of fused-ring (bicyclic) bond motifs is 1. The fraction of sp³-hybridized carbons (Fsp3) is 0.438. The second-order valence-electron chi connectivity index (χ2n) is 5.80. The Bertz CT molecular complexity index is 791. The Hall–Kier alpha value is -1.95. The van der Waals surface area contributed by atoms with Gasteiger partial charge in [-0.1, -0.05) is 0 Å². The molecule has 6 heteroatoms. The Morgan fingerprint density at radius 3 is 2.91 bits per heavy atom. The molecule has 0 radical (unpaired) electrons. The standard InChI is InChI=1S/C16H19N3O2S/c1-8-7-9(2)17-15(20)13(8)16(21)19-11-5-4-6-12-14(11)18-10(3)22-12/h7,11H,4-6H2,1-3H3,(H,17,20)(H,19,21). The van der Waals surface area contributed by atoms with Crippen molar-refractivity contribution >= 4 is 17.2 Å². The summed E-state index contributed by atoms with van der Waals surface area (Å²) in [6.45, 7) is 5.58. The summed E-state index contributed by atoms with van der Waals surface area (Å²) in [5.41, 5.74) is 2.30. The van der Waals surface area contributed by atoms with Crippen molar-refractivity contribution in [3.63, 3.8) is 0 Å². The lowest BCUT2D eigenvalue weighted by atomic mass is 9.97. The zero-order valence-corrected chi connectivity index (χ0v) is 13.8. The second-order valence-corrected chi connectivity index (χ2v) is 7.09. The highest BCUT2D eigenvalue weighted by Crippen LogP contribution is 2.33. The molecule has 5 nitrogen and oxygen atoms in total. The van der Waals surface area contributed by atoms with Crippen molar-refractivity contribution in [2.75, 3.05) is 0 Å². The van der Waals surface area contributed by atoms with E-state index in [4.69, 9.17) is 0 Å². The van der Waals surface area contributed by atoms with Gasteiger partial charge in [0.25, 0.3) is 11.5 Å². The number of carbonyl (C=O) groups excluding carboxylic acids is 1. The van der Waals surface area contributed by atoms with Crippen LogP contribution in [0.25, 0.3) is 0 Å². The van der Waals surface area contributed by atoms with E-state index in [1.165, 1.54) is 4.88 Å². The number of thiazole rings is 1. The third-order valence-electron chi connectivity index (χ3n) is 3.96. The molecule has 2 heterocycles. The monoisotopic (exact) mass is 317 g/mol. The molecule has 0 aliphatic heterocycles. The lowest BCUT2D eigenvalue weighted by molar-refractivity contribution is 0.0929. The number of aryl methyl sites for hydroxylation is 4. The number of carbonyl (C=O) groups is 1. The molecule has 2 N–H and O–H groups in total. The Balaban J connectivity index is 1.89. The normalized spacial score (nSPS) is 17.1. The third-order valence-corrected chi connectivity index (χ3v) is 5.01. The van der Waals surface area contributed by atoms with Crippen LogP contribution in [0.1, 0.15) is 56.1 Å². The summed E-state index contributed by atoms with van der Waals surface area (Å²) in [4.78, 5) is 33.1. The van der Waals surface area contributed by atoms with Crippen molar-refractivity contribution in [1.29, 1.82) is 0 Å². The molecule has 2 aromatic rings. The maximum atomic E-state index is 12.5. The first-order chi connectivity index (χ1) is 10.5. The van der Waals surface area contributed by atoms with Crippen LogP contribution in [0, 0.1) is 20.8 Å². The minimum Gasteiger partial charge on any atom is -0.343 e. The number of amides is 1. The van der Waals surface area contributed by atoms with E-state index in [1.807, 2.05) is 19.9 Å². The number of nitrogens with one attached hydrogen (secondary N) is 2. The molecule has 0 saturated heterocycles. The van der Waals surface area contributed by atoms with Crippen LogP contribution < -0.4 is 10.9 Å². The summed E-state index contributed by atoms with van der Waals surface area (Å²) in [5, 5.41) is 4.01. The summed E-state index contributed by atoms with van der Waals surface area (Å²) in [6.07, 6.45) is 2.92. The fourth-order valence-electron chi connectivity index (χ4n) is 3.05. The molecule has 0 fully saturated rings. The maximum absolute atomic E-state index is 12.5. The Labute approximate surface area is 132 Å². The number of hydrogen-bond acceptors (Lipinski definition) is 4. The Morgan fingerprint density at radius 1 is 1.41 bits per heavy atom. The topological polar surface area (TPSA) is 74.8 Å². The van der Waals surface area contributed by atoms with E-state index in [9.17, 15) is 9.59 Å². The van der Waals surface area contributed by atoms with Crippen LogP contribution in [0.2, 0.25) is 0 Å². The summed E-state index contributed by atoms with van der Waals surface area (Å²) >= 11 is 1.69. The van der Waals surface area contributed by atoms with E-state index in [2.05, 4.69) is 15.3 Å². The predicted octanol–water partition coefficient (Wildman–Crippen LogP) is 2.56. The molecule has 3 rings (SSSR count). The summed E-state index contributed by atoms with van der Waals surface area (Å²) < 4.78 is 0. The van der Waals surface area contributed by atoms with Gasteiger partial charge in [0.1, 0.15) is 5.56 Å². The average Bonchev–Trinajstić information content (AvgIpc) is 2.79. The molecule has 22 heavy (non-hydrogen) atoms. The van der Waals surface area contributed by atoms with Crippen LogP contribution in [0.5, 0.6) is 0 Å². The highest BCUT2D eigenvalue weighted by molar-refractivity contribution is 7.11. The molecule has 1 aliphatic carbocycles. The molecule has 2 aromatic heterocycles. The van der Waals surface area contributed by atoms with Gasteiger partial charge < -0.3 is 10.3 Å². The quantitative estimate of drug-likeness (QED) is 0.894. The van der Waals surface area contributed by atoms with E-state index >= 15 is 0 Å². The number of nitrogens with zero attached hydrogens (tertiary/aromatic N) is 1. The van der Waals surface area contributed by atoms with E-state index in [-0.39, 0.29) is 23.1 Å². The van der Waals surface area contributed by atoms with E-state index in [0.29, 0.717) is 5.56 Å². The molecule has 0 aromatic carbocycles. The van der Waals surface area contributed by atoms with E-state index in [0.717, 1.165) is 35.7 Å². The van der Waals surface area contributed by atoms with Gasteiger partial charge in [0.15, 0.2) is 0 Å². The van der Waals surface area contributed by atoms with Crippen molar-refractivity contribution in [2.45, 2.75) is 46.1 Å². The number of pyridine rings is 1. The van der Waals surface area contributed by atoms with Crippen LogP contribution in [-0.4, -0.2) is 15.9 Å². The minimum atomic E-state index is -0.333. The van der Waals surface area contributed by atoms with Crippen LogP contribution in [0.4, 0.5) is 0 Å². The Morgan fingerprint density at radius 2 is 2.18 bits per heavy atom. The minimum absolute atomic E-state index is 0.0960. The fourth-order valence-corrected chi connectivity index (χ4v) is 4.09. The smallest absolute Gasteiger partial charge is 0.261 e. The van der Waals surface area contributed by atoms with Crippen LogP contribution in [0.3, 0.4) is 0 Å². The first-order valence-corrected chi connectivity index (χ1v) is 8.25. The van der Waals surface area contributed by atoms with Gasteiger partial charge in [0, 0.05) is 10.6 Å². The molecule has 0 saturated carbocycles. The number of aromatic amines is 1. The molecular formula is C16H19N3O2S. The zero-order chi connectivity index (χ0) is 15.9. The van der Waals surface area contributed by atoms with Crippen LogP contribution >= 0.6 is 11.3 Å². The van der Waals surface area contributed by atoms with Gasteiger partial charge in [-0.3, -0.25) is 9.59 Å². The van der Waals surface area contributed by atoms with E-state index < -0.39 is 0 Å². The van der Waals surface area contributed by atoms with Gasteiger partial charge >= 0.3 is 0 Å². The van der Waals surface area contributed by atoms with Crippen LogP contribution in [0.15, 0.2) is 10.9 Å². The maximum Gasteiger partial charge on any atom is 0.261 e. The molecule has 1 aliphatic rings. The third kappa shape index (κ3) is 2.70. The lowest BCUT2D eigenvalue weighted by Crippen LogP contribution is -2.35. The Kier molecular flexibility index (Phi) is 3.87. The average molecular weight is 317 g/mol. The molecule has 1 atom stereocenters. The molecule has 1 unspecified atom stereocenters. The molecule has 0 bridgehead atoms. The van der Waals surface area contributed by atoms with Gasteiger partial charge in [0.2, 0.25) is 0 Å². The van der Waals surface area contributed by atoms with Gasteiger partial charge in [-0.25, -0.2) is 4.98 Å². The first kappa shape index (κ1) is 15.0. The summed E-state index contributed by atoms with van der Waals surface area (Å²) in [7, 11) is 0. The van der Waals surface area contributed by atoms with Crippen molar-refractivity contribution < 1.29 is 4.79 Å². The highest BCUT2D eigenvalue weighted by Gasteiger charge is 2.27. The molecular weight excluding hydrogens is 298 g/mol. The van der Waals surface area contributed by atoms with Crippen molar-refractivity contribution in [1.82, 2.24) is 15.3 Å². The zero-order valence-electron chi connectivity index (χ0n) is 12.9. The van der Waals surface area contributed by atoms with E-state index in [1.54, 1.807) is 18.3 Å². The summed E-state index contributed by atoms with van der Waals surface area (Å²) in [6, 6.07) is 1.72. The molecule has 0 spiro atoms. The molecule has 116 valence electrons. The predicted molar refractivity (Wildman–Crippen MR) is 86.5 cm³/mol. The van der Waals surface area contributed by atoms with Crippen molar-refractivity contribution in [2.24, 2.45) is 0 Å². The van der Waals surface area contributed by atoms with Crippen molar-refractivity contribution in [3.8, 4) is 0 Å². The largest absolute Gasteiger partial charge is 0.343 e. The number of rotatable bonds is 2. The van der Waals surface area contributed by atoms with Gasteiger partial charge in [-0.15, -0.1) is 11.3 Å². The lowest BCUT2D eigenvalue weighted by Gasteiger charge is -2.22. The SMILES string of the molecule is Cc1cc(C)c(C(=O)NC2CCCc3sc(C)nc32)c(=O)[nH]1. The highest BCUT2D eigenvalue weighted by atomic mass is 32.1. The van der Waals surface area contributed by atoms with Crippen LogP contribution in [-0.2, 0) is 6.42 Å². The number of hydrogen-bond donors (Lipinski definition) is 2. The van der Waals surface area contributed by atoms with Gasteiger partial charge in [-0.2, -0.15) is 0 Å². The van der Waals surface area contributed by atoms with Gasteiger partial charge in [-0.05, 0) is 51.7 Å². The summed E-state index contributed by atoms with van der Waals surface area (Å²) in [5.74, 6) is -0.317. The molecule has 1 amide bonds.